The van der Waals surface area contributed by atoms with E-state index in [0.29, 0.717) is 25.1 Å². The Morgan fingerprint density at radius 3 is 2.45 bits per heavy atom. The summed E-state index contributed by atoms with van der Waals surface area (Å²) in [4.78, 5) is 26.4. The zero-order chi connectivity index (χ0) is 23.5. The third-order valence-corrected chi connectivity index (χ3v) is 6.08. The van der Waals surface area contributed by atoms with E-state index in [0.717, 1.165) is 55.8 Å². The molecule has 0 bridgehead atoms. The Kier molecular flexibility index (Phi) is 9.60. The molecule has 0 saturated carbocycles. The molecule has 6 heteroatoms. The average molecular weight is 453 g/mol. The van der Waals surface area contributed by atoms with E-state index in [9.17, 15) is 9.59 Å². The second-order valence-electron chi connectivity index (χ2n) is 8.64. The van der Waals surface area contributed by atoms with Gasteiger partial charge in [-0.2, -0.15) is 0 Å². The molecule has 0 aliphatic carbocycles. The SMILES string of the molecule is CCCCCCOc1ccc(N2CCCCC2)c(C(=O)NCCc2ccc(C(=O)O)cc2)c1. The van der Waals surface area contributed by atoms with Crippen LogP contribution in [0.25, 0.3) is 0 Å². The number of nitrogens with zero attached hydrogens (tertiary/aromatic N) is 1. The number of ether oxygens (including phenoxy) is 1. The van der Waals surface area contributed by atoms with Crippen LogP contribution < -0.4 is 15.0 Å². The van der Waals surface area contributed by atoms with Crippen LogP contribution in [0, 0.1) is 0 Å². The molecular formula is C27H36N2O4. The van der Waals surface area contributed by atoms with Crippen LogP contribution >= 0.6 is 0 Å². The largest absolute Gasteiger partial charge is 0.494 e. The van der Waals surface area contributed by atoms with Crippen LogP contribution in [-0.2, 0) is 6.42 Å². The molecule has 2 N–H and O–H groups in total. The molecule has 0 atom stereocenters. The lowest BCUT2D eigenvalue weighted by Gasteiger charge is -2.30. The van der Waals surface area contributed by atoms with Crippen molar-refractivity contribution in [1.29, 1.82) is 0 Å². The topological polar surface area (TPSA) is 78.9 Å². The molecular weight excluding hydrogens is 416 g/mol. The van der Waals surface area contributed by atoms with Crippen molar-refractivity contribution in [1.82, 2.24) is 5.32 Å². The minimum Gasteiger partial charge on any atom is -0.494 e. The zero-order valence-electron chi connectivity index (χ0n) is 19.6. The number of nitrogens with one attached hydrogen (secondary N) is 1. The number of anilines is 1. The van der Waals surface area contributed by atoms with E-state index >= 15 is 0 Å². The van der Waals surface area contributed by atoms with Crippen molar-refractivity contribution in [2.24, 2.45) is 0 Å². The fourth-order valence-electron chi connectivity index (χ4n) is 4.15. The van der Waals surface area contributed by atoms with Crippen LogP contribution in [0.2, 0.25) is 0 Å². The quantitative estimate of drug-likeness (QED) is 0.427. The fraction of sp³-hybridized carbons (Fsp3) is 0.481. The average Bonchev–Trinajstić information content (AvgIpc) is 2.84. The van der Waals surface area contributed by atoms with Crippen LogP contribution in [0.15, 0.2) is 42.5 Å². The third-order valence-electron chi connectivity index (χ3n) is 6.08. The predicted molar refractivity (Wildman–Crippen MR) is 132 cm³/mol. The third kappa shape index (κ3) is 7.52. The zero-order valence-corrected chi connectivity index (χ0v) is 19.6. The molecule has 1 aliphatic rings. The second-order valence-corrected chi connectivity index (χ2v) is 8.64. The van der Waals surface area contributed by atoms with Gasteiger partial charge in [-0.05, 0) is 68.0 Å². The Morgan fingerprint density at radius 1 is 1.00 bits per heavy atom. The molecule has 0 spiro atoms. The number of unbranched alkanes of at least 4 members (excludes halogenated alkanes) is 3. The van der Waals surface area contributed by atoms with Gasteiger partial charge in [-0.15, -0.1) is 0 Å². The van der Waals surface area contributed by atoms with E-state index in [2.05, 4.69) is 17.1 Å². The number of carbonyl (C=O) groups excluding carboxylic acids is 1. The van der Waals surface area contributed by atoms with Crippen LogP contribution in [0.5, 0.6) is 5.75 Å². The lowest BCUT2D eigenvalue weighted by atomic mass is 10.1. The number of hydrogen-bond donors (Lipinski definition) is 2. The van der Waals surface area contributed by atoms with Gasteiger partial charge in [0.25, 0.3) is 5.91 Å². The van der Waals surface area contributed by atoms with Gasteiger partial charge in [0.05, 0.1) is 17.7 Å². The summed E-state index contributed by atoms with van der Waals surface area (Å²) in [6.45, 7) is 5.26. The van der Waals surface area contributed by atoms with Gasteiger partial charge in [-0.3, -0.25) is 4.79 Å². The van der Waals surface area contributed by atoms with Crippen LogP contribution in [-0.4, -0.2) is 43.2 Å². The number of piperidine rings is 1. The van der Waals surface area contributed by atoms with Crippen LogP contribution in [0.3, 0.4) is 0 Å². The van der Waals surface area contributed by atoms with Gasteiger partial charge in [-0.1, -0.05) is 38.3 Å². The molecule has 178 valence electrons. The molecule has 0 radical (unpaired) electrons. The van der Waals surface area contributed by atoms with Crippen molar-refractivity contribution in [3.05, 3.63) is 59.2 Å². The highest BCUT2D eigenvalue weighted by molar-refractivity contribution is 6.00. The van der Waals surface area contributed by atoms with E-state index < -0.39 is 5.97 Å². The summed E-state index contributed by atoms with van der Waals surface area (Å²) in [5.41, 5.74) is 2.88. The lowest BCUT2D eigenvalue weighted by molar-refractivity contribution is 0.0696. The van der Waals surface area contributed by atoms with Gasteiger partial charge in [0.2, 0.25) is 0 Å². The van der Waals surface area contributed by atoms with Gasteiger partial charge >= 0.3 is 5.97 Å². The molecule has 1 heterocycles. The van der Waals surface area contributed by atoms with E-state index in [4.69, 9.17) is 9.84 Å². The molecule has 6 nitrogen and oxygen atoms in total. The highest BCUT2D eigenvalue weighted by Crippen LogP contribution is 2.28. The standard InChI is InChI=1S/C27H36N2O4/c1-2-3-4-8-19-33-23-13-14-25(29-17-6-5-7-18-29)24(20-23)26(30)28-16-15-21-9-11-22(12-10-21)27(31)32/h9-14,20H,2-8,15-19H2,1H3,(H,28,30)(H,31,32). The molecule has 0 unspecified atom stereocenters. The summed E-state index contributed by atoms with van der Waals surface area (Å²) in [5.74, 6) is -0.302. The molecule has 3 rings (SSSR count). The summed E-state index contributed by atoms with van der Waals surface area (Å²) >= 11 is 0. The van der Waals surface area contributed by atoms with Crippen molar-refractivity contribution in [3.8, 4) is 5.75 Å². The number of carboxylic acid groups (broad SMARTS) is 1. The molecule has 0 aromatic heterocycles. The number of carboxylic acids is 1. The first-order valence-electron chi connectivity index (χ1n) is 12.2. The minimum atomic E-state index is -0.937. The van der Waals surface area contributed by atoms with Gasteiger partial charge in [0, 0.05) is 25.3 Å². The fourth-order valence-corrected chi connectivity index (χ4v) is 4.15. The summed E-state index contributed by atoms with van der Waals surface area (Å²) in [7, 11) is 0. The van der Waals surface area contributed by atoms with Gasteiger partial charge in [0.15, 0.2) is 0 Å². The Morgan fingerprint density at radius 2 is 1.76 bits per heavy atom. The summed E-state index contributed by atoms with van der Waals surface area (Å²) in [6, 6.07) is 12.6. The van der Waals surface area contributed by atoms with Crippen molar-refractivity contribution >= 4 is 17.6 Å². The van der Waals surface area contributed by atoms with E-state index in [1.807, 2.05) is 18.2 Å². The van der Waals surface area contributed by atoms with Crippen LogP contribution in [0.1, 0.15) is 78.1 Å². The monoisotopic (exact) mass is 452 g/mol. The summed E-state index contributed by atoms with van der Waals surface area (Å²) < 4.78 is 5.94. The lowest BCUT2D eigenvalue weighted by Crippen LogP contribution is -2.33. The predicted octanol–water partition coefficient (Wildman–Crippen LogP) is 5.31. The smallest absolute Gasteiger partial charge is 0.335 e. The Labute approximate surface area is 196 Å². The number of rotatable bonds is 12. The molecule has 1 saturated heterocycles. The van der Waals surface area contributed by atoms with Crippen molar-refractivity contribution in [2.45, 2.75) is 58.3 Å². The molecule has 1 fully saturated rings. The first-order valence-corrected chi connectivity index (χ1v) is 12.2. The Bertz CT molecular complexity index is 905. The Balaban J connectivity index is 1.64. The maximum atomic E-state index is 13.1. The van der Waals surface area contributed by atoms with E-state index in [-0.39, 0.29) is 11.5 Å². The van der Waals surface area contributed by atoms with Crippen molar-refractivity contribution in [3.63, 3.8) is 0 Å². The van der Waals surface area contributed by atoms with E-state index in [1.54, 1.807) is 24.3 Å². The highest BCUT2D eigenvalue weighted by atomic mass is 16.5. The van der Waals surface area contributed by atoms with Crippen molar-refractivity contribution < 1.29 is 19.4 Å². The van der Waals surface area contributed by atoms with Crippen molar-refractivity contribution in [2.75, 3.05) is 31.1 Å². The molecule has 1 aliphatic heterocycles. The normalized spacial score (nSPS) is 13.5. The highest BCUT2D eigenvalue weighted by Gasteiger charge is 2.19. The van der Waals surface area contributed by atoms with Gasteiger partial charge in [-0.25, -0.2) is 4.79 Å². The molecule has 1 amide bonds. The minimum absolute atomic E-state index is 0.103. The summed E-state index contributed by atoms with van der Waals surface area (Å²) in [6.07, 6.45) is 8.73. The molecule has 33 heavy (non-hydrogen) atoms. The first kappa shape index (κ1) is 24.6. The number of aromatic carboxylic acids is 1. The molecule has 2 aromatic carbocycles. The van der Waals surface area contributed by atoms with Crippen LogP contribution in [0.4, 0.5) is 5.69 Å². The Hall–Kier alpha value is -3.02. The summed E-state index contributed by atoms with van der Waals surface area (Å²) in [5, 5.41) is 12.1. The van der Waals surface area contributed by atoms with Gasteiger partial charge < -0.3 is 20.1 Å². The maximum absolute atomic E-state index is 13.1. The first-order chi connectivity index (χ1) is 16.1. The number of carbonyl (C=O) groups is 2. The number of amides is 1. The maximum Gasteiger partial charge on any atom is 0.335 e. The number of benzene rings is 2. The van der Waals surface area contributed by atoms with E-state index in [1.165, 1.54) is 19.3 Å². The number of hydrogen-bond acceptors (Lipinski definition) is 4. The second kappa shape index (κ2) is 12.9. The van der Waals surface area contributed by atoms with Gasteiger partial charge in [0.1, 0.15) is 5.75 Å². The molecule has 2 aromatic rings.